The quantitative estimate of drug-likeness (QED) is 0.638. The number of anilines is 1. The Bertz CT molecular complexity index is 1080. The van der Waals surface area contributed by atoms with E-state index >= 15 is 0 Å². The monoisotopic (exact) mass is 394 g/mol. The van der Waals surface area contributed by atoms with Crippen molar-refractivity contribution in [1.82, 2.24) is 0 Å². The number of nitriles is 1. The van der Waals surface area contributed by atoms with Gasteiger partial charge in [0.15, 0.2) is 0 Å². The first-order valence-electron chi connectivity index (χ1n) is 8.65. The van der Waals surface area contributed by atoms with Crippen LogP contribution in [0.4, 0.5) is 5.00 Å². The SMILES string of the molecule is CCOC(=O)c1sc(N)c(C#N)c1COC(=O)Cc1ccc2ccccc2c1. The number of nitrogen functional groups attached to an aromatic ring is 1. The summed E-state index contributed by atoms with van der Waals surface area (Å²) in [5.41, 5.74) is 7.07. The Morgan fingerprint density at radius 1 is 1.14 bits per heavy atom. The van der Waals surface area contributed by atoms with Gasteiger partial charge in [-0.15, -0.1) is 11.3 Å². The maximum absolute atomic E-state index is 12.3. The molecule has 0 fully saturated rings. The smallest absolute Gasteiger partial charge is 0.348 e. The summed E-state index contributed by atoms with van der Waals surface area (Å²) in [6.07, 6.45) is 0.0844. The predicted octanol–water partition coefficient (Wildman–Crippen LogP) is 3.82. The minimum absolute atomic E-state index is 0.0844. The third-order valence-corrected chi connectivity index (χ3v) is 5.19. The number of ether oxygens (including phenoxy) is 2. The Morgan fingerprint density at radius 3 is 2.61 bits per heavy atom. The van der Waals surface area contributed by atoms with E-state index in [4.69, 9.17) is 15.2 Å². The number of hydrogen-bond acceptors (Lipinski definition) is 7. The molecular weight excluding hydrogens is 376 g/mol. The number of nitrogens with zero attached hydrogens (tertiary/aromatic N) is 1. The number of thiophene rings is 1. The molecule has 0 aliphatic carbocycles. The molecule has 28 heavy (non-hydrogen) atoms. The summed E-state index contributed by atoms with van der Waals surface area (Å²) in [6, 6.07) is 15.6. The number of nitrogens with two attached hydrogens (primary N) is 1. The van der Waals surface area contributed by atoms with Crippen molar-refractivity contribution in [2.75, 3.05) is 12.3 Å². The zero-order chi connectivity index (χ0) is 20.1. The summed E-state index contributed by atoms with van der Waals surface area (Å²) in [5, 5.41) is 11.6. The van der Waals surface area contributed by atoms with E-state index in [1.165, 1.54) is 0 Å². The first-order valence-corrected chi connectivity index (χ1v) is 9.46. The lowest BCUT2D eigenvalue weighted by Gasteiger charge is -2.07. The van der Waals surface area contributed by atoms with E-state index in [2.05, 4.69) is 0 Å². The average molecular weight is 394 g/mol. The normalized spacial score (nSPS) is 10.4. The van der Waals surface area contributed by atoms with Gasteiger partial charge in [-0.2, -0.15) is 5.26 Å². The fourth-order valence-corrected chi connectivity index (χ4v) is 3.74. The lowest BCUT2D eigenvalue weighted by atomic mass is 10.1. The highest BCUT2D eigenvalue weighted by Gasteiger charge is 2.23. The molecule has 2 aromatic carbocycles. The molecule has 3 aromatic rings. The zero-order valence-corrected chi connectivity index (χ0v) is 16.0. The molecule has 1 heterocycles. The van der Waals surface area contributed by atoms with Crippen molar-refractivity contribution >= 4 is 39.0 Å². The number of benzene rings is 2. The molecule has 0 atom stereocenters. The molecule has 3 rings (SSSR count). The van der Waals surface area contributed by atoms with Gasteiger partial charge in [0.05, 0.1) is 18.6 Å². The zero-order valence-electron chi connectivity index (χ0n) is 15.2. The van der Waals surface area contributed by atoms with Crippen LogP contribution in [-0.2, 0) is 27.3 Å². The Balaban J connectivity index is 1.73. The second kappa shape index (κ2) is 8.55. The predicted molar refractivity (Wildman–Crippen MR) is 107 cm³/mol. The molecular formula is C21H18N2O4S. The number of rotatable bonds is 6. The van der Waals surface area contributed by atoms with Crippen molar-refractivity contribution in [1.29, 1.82) is 5.26 Å². The van der Waals surface area contributed by atoms with Gasteiger partial charge < -0.3 is 15.2 Å². The Morgan fingerprint density at radius 2 is 1.89 bits per heavy atom. The van der Waals surface area contributed by atoms with Crippen molar-refractivity contribution < 1.29 is 19.1 Å². The van der Waals surface area contributed by atoms with Crippen LogP contribution in [0.25, 0.3) is 10.8 Å². The van der Waals surface area contributed by atoms with Crippen molar-refractivity contribution in [2.45, 2.75) is 20.0 Å². The van der Waals surface area contributed by atoms with E-state index in [0.717, 1.165) is 27.7 Å². The molecule has 0 unspecified atom stereocenters. The highest BCUT2D eigenvalue weighted by molar-refractivity contribution is 7.18. The number of hydrogen-bond donors (Lipinski definition) is 1. The van der Waals surface area contributed by atoms with Crippen molar-refractivity contribution in [2.24, 2.45) is 0 Å². The molecule has 0 radical (unpaired) electrons. The van der Waals surface area contributed by atoms with Gasteiger partial charge in [0.25, 0.3) is 0 Å². The van der Waals surface area contributed by atoms with Crippen LogP contribution in [0.1, 0.15) is 33.3 Å². The second-order valence-electron chi connectivity index (χ2n) is 6.00. The molecule has 0 saturated heterocycles. The largest absolute Gasteiger partial charge is 0.462 e. The summed E-state index contributed by atoms with van der Waals surface area (Å²) in [5.74, 6) is -1.04. The number of esters is 2. The maximum Gasteiger partial charge on any atom is 0.348 e. The van der Waals surface area contributed by atoms with Gasteiger partial charge in [0.1, 0.15) is 22.6 Å². The summed E-state index contributed by atoms with van der Waals surface area (Å²) in [6.45, 7) is 1.67. The molecule has 0 bridgehead atoms. The van der Waals surface area contributed by atoms with Crippen molar-refractivity contribution in [3.63, 3.8) is 0 Å². The summed E-state index contributed by atoms with van der Waals surface area (Å²) >= 11 is 0.960. The van der Waals surface area contributed by atoms with E-state index in [1.807, 2.05) is 48.5 Å². The van der Waals surface area contributed by atoms with Gasteiger partial charge >= 0.3 is 11.9 Å². The molecule has 0 saturated carbocycles. The van der Waals surface area contributed by atoms with Crippen molar-refractivity contribution in [3.05, 3.63) is 64.0 Å². The van der Waals surface area contributed by atoms with E-state index in [1.54, 1.807) is 6.92 Å². The summed E-state index contributed by atoms with van der Waals surface area (Å²) in [4.78, 5) is 24.6. The van der Waals surface area contributed by atoms with E-state index in [9.17, 15) is 14.9 Å². The molecule has 0 aliphatic heterocycles. The molecule has 7 heteroatoms. The lowest BCUT2D eigenvalue weighted by molar-refractivity contribution is -0.144. The van der Waals surface area contributed by atoms with Crippen molar-refractivity contribution in [3.8, 4) is 6.07 Å². The van der Waals surface area contributed by atoms with Gasteiger partial charge in [0.2, 0.25) is 0 Å². The summed E-state index contributed by atoms with van der Waals surface area (Å²) < 4.78 is 10.3. The van der Waals surface area contributed by atoms with E-state index < -0.39 is 11.9 Å². The van der Waals surface area contributed by atoms with E-state index in [0.29, 0.717) is 0 Å². The van der Waals surface area contributed by atoms with Crippen LogP contribution in [0.5, 0.6) is 0 Å². The van der Waals surface area contributed by atoms with E-state index in [-0.39, 0.29) is 40.6 Å². The first-order chi connectivity index (χ1) is 13.5. The number of carbonyl (C=O) groups excluding carboxylic acids is 2. The Kier molecular flexibility index (Phi) is 5.92. The molecule has 142 valence electrons. The average Bonchev–Trinajstić information content (AvgIpc) is 3.02. The van der Waals surface area contributed by atoms with Gasteiger partial charge in [-0.25, -0.2) is 4.79 Å². The lowest BCUT2D eigenvalue weighted by Crippen LogP contribution is -2.11. The van der Waals surface area contributed by atoms with Gasteiger partial charge in [-0.1, -0.05) is 42.5 Å². The molecule has 0 amide bonds. The molecule has 2 N–H and O–H groups in total. The first kappa shape index (κ1) is 19.4. The van der Waals surface area contributed by atoms with Crippen LogP contribution < -0.4 is 5.73 Å². The van der Waals surface area contributed by atoms with Gasteiger partial charge in [-0.05, 0) is 23.3 Å². The Hall–Kier alpha value is -3.37. The minimum Gasteiger partial charge on any atom is -0.462 e. The third kappa shape index (κ3) is 4.13. The maximum atomic E-state index is 12.3. The van der Waals surface area contributed by atoms with Crippen LogP contribution in [0, 0.1) is 11.3 Å². The third-order valence-electron chi connectivity index (χ3n) is 4.15. The van der Waals surface area contributed by atoms with Crippen LogP contribution in [0.2, 0.25) is 0 Å². The number of carbonyl (C=O) groups is 2. The van der Waals surface area contributed by atoms with Gasteiger partial charge in [0, 0.05) is 5.56 Å². The number of fused-ring (bicyclic) bond motifs is 1. The molecule has 0 aliphatic rings. The second-order valence-corrected chi connectivity index (χ2v) is 7.05. The van der Waals surface area contributed by atoms with Crippen LogP contribution >= 0.6 is 11.3 Å². The summed E-state index contributed by atoms with van der Waals surface area (Å²) in [7, 11) is 0. The highest BCUT2D eigenvalue weighted by Crippen LogP contribution is 2.32. The molecule has 6 nitrogen and oxygen atoms in total. The minimum atomic E-state index is -0.582. The topological polar surface area (TPSA) is 102 Å². The highest BCUT2D eigenvalue weighted by atomic mass is 32.1. The Labute approximate surface area is 166 Å². The van der Waals surface area contributed by atoms with Crippen LogP contribution in [-0.4, -0.2) is 18.5 Å². The fourth-order valence-electron chi connectivity index (χ4n) is 2.83. The van der Waals surface area contributed by atoms with Crippen LogP contribution in [0.3, 0.4) is 0 Å². The van der Waals surface area contributed by atoms with Crippen LogP contribution in [0.15, 0.2) is 42.5 Å². The molecule has 1 aromatic heterocycles. The molecule has 0 spiro atoms. The fraction of sp³-hybridized carbons (Fsp3) is 0.190. The standard InChI is InChI=1S/C21H18N2O4S/c1-2-26-21(25)19-17(16(11-22)20(23)28-19)12-27-18(24)10-13-7-8-14-5-3-4-6-15(14)9-13/h3-9H,2,10,12,23H2,1H3. The van der Waals surface area contributed by atoms with Gasteiger partial charge in [-0.3, -0.25) is 4.79 Å².